The molecule has 1 aromatic heterocycles. The molecule has 1 aromatic rings. The highest BCUT2D eigenvalue weighted by Gasteiger charge is 2.26. The van der Waals surface area contributed by atoms with Crippen molar-refractivity contribution in [2.24, 2.45) is 5.92 Å². The Hall–Kier alpha value is -0.830. The van der Waals surface area contributed by atoms with E-state index in [9.17, 15) is 0 Å². The van der Waals surface area contributed by atoms with Crippen molar-refractivity contribution in [1.29, 1.82) is 0 Å². The molecule has 0 bridgehead atoms. The Labute approximate surface area is 115 Å². The molecule has 1 atom stereocenters. The van der Waals surface area contributed by atoms with Crippen LogP contribution >= 0.6 is 11.6 Å². The molecule has 0 amide bonds. The molecule has 0 radical (unpaired) electrons. The van der Waals surface area contributed by atoms with E-state index in [1.54, 1.807) is 6.33 Å². The van der Waals surface area contributed by atoms with Gasteiger partial charge in [0, 0.05) is 18.7 Å². The lowest BCUT2D eigenvalue weighted by Crippen LogP contribution is -2.23. The van der Waals surface area contributed by atoms with Gasteiger partial charge in [-0.2, -0.15) is 0 Å². The first-order valence-corrected chi connectivity index (χ1v) is 7.26. The van der Waals surface area contributed by atoms with E-state index >= 15 is 0 Å². The summed E-state index contributed by atoms with van der Waals surface area (Å²) in [5.41, 5.74) is 1.09. The Morgan fingerprint density at radius 3 is 2.89 bits per heavy atom. The highest BCUT2D eigenvalue weighted by atomic mass is 35.5. The summed E-state index contributed by atoms with van der Waals surface area (Å²) in [6, 6.07) is 0. The molecular formula is C14H22ClN3. The van der Waals surface area contributed by atoms with Crippen molar-refractivity contribution in [3.05, 3.63) is 17.0 Å². The minimum absolute atomic E-state index is 0.360. The minimum atomic E-state index is 0.360. The number of rotatable bonds is 4. The summed E-state index contributed by atoms with van der Waals surface area (Å²) in [6.07, 6.45) is 5.43. The van der Waals surface area contributed by atoms with Gasteiger partial charge in [-0.3, -0.25) is 0 Å². The molecule has 18 heavy (non-hydrogen) atoms. The molecule has 0 saturated carbocycles. The SMILES string of the molecule is CCCC1CCN(c2ncnc(Cl)c2C(C)C)C1. The fourth-order valence-corrected chi connectivity index (χ4v) is 3.13. The molecular weight excluding hydrogens is 246 g/mol. The predicted octanol–water partition coefficient (Wildman–Crippen LogP) is 3.88. The van der Waals surface area contributed by atoms with E-state index in [0.29, 0.717) is 11.1 Å². The third-order valence-corrected chi connectivity index (χ3v) is 3.98. The van der Waals surface area contributed by atoms with Gasteiger partial charge in [0.05, 0.1) is 0 Å². The van der Waals surface area contributed by atoms with Crippen LogP contribution in [0.3, 0.4) is 0 Å². The van der Waals surface area contributed by atoms with Gasteiger partial charge in [0.1, 0.15) is 17.3 Å². The van der Waals surface area contributed by atoms with Crippen LogP contribution in [0, 0.1) is 5.92 Å². The molecule has 1 aliphatic rings. The van der Waals surface area contributed by atoms with Gasteiger partial charge in [-0.25, -0.2) is 9.97 Å². The molecule has 100 valence electrons. The predicted molar refractivity (Wildman–Crippen MR) is 76.4 cm³/mol. The molecule has 1 unspecified atom stereocenters. The summed E-state index contributed by atoms with van der Waals surface area (Å²) in [5, 5.41) is 0.606. The zero-order valence-corrected chi connectivity index (χ0v) is 12.2. The Morgan fingerprint density at radius 2 is 2.22 bits per heavy atom. The number of hydrogen-bond donors (Lipinski definition) is 0. The van der Waals surface area contributed by atoms with Crippen LogP contribution in [-0.4, -0.2) is 23.1 Å². The summed E-state index contributed by atoms with van der Waals surface area (Å²) in [5.74, 6) is 2.21. The van der Waals surface area contributed by atoms with E-state index in [4.69, 9.17) is 11.6 Å². The topological polar surface area (TPSA) is 29.0 Å². The second-order valence-corrected chi connectivity index (χ2v) is 5.80. The van der Waals surface area contributed by atoms with E-state index < -0.39 is 0 Å². The normalized spacial score (nSPS) is 19.8. The van der Waals surface area contributed by atoms with Gasteiger partial charge in [-0.1, -0.05) is 38.8 Å². The zero-order valence-electron chi connectivity index (χ0n) is 11.5. The molecule has 3 nitrogen and oxygen atoms in total. The van der Waals surface area contributed by atoms with Crippen LogP contribution in [0.15, 0.2) is 6.33 Å². The van der Waals surface area contributed by atoms with Gasteiger partial charge in [0.2, 0.25) is 0 Å². The Morgan fingerprint density at radius 1 is 1.44 bits per heavy atom. The lowest BCUT2D eigenvalue weighted by Gasteiger charge is -2.22. The molecule has 1 fully saturated rings. The molecule has 1 saturated heterocycles. The van der Waals surface area contributed by atoms with Crippen molar-refractivity contribution in [2.75, 3.05) is 18.0 Å². The van der Waals surface area contributed by atoms with Crippen LogP contribution in [0.1, 0.15) is 51.5 Å². The largest absolute Gasteiger partial charge is 0.356 e. The first-order valence-electron chi connectivity index (χ1n) is 6.88. The Bertz CT molecular complexity index is 406. The second kappa shape index (κ2) is 5.87. The third kappa shape index (κ3) is 2.77. The van der Waals surface area contributed by atoms with E-state index in [1.165, 1.54) is 19.3 Å². The lowest BCUT2D eigenvalue weighted by molar-refractivity contribution is 0.529. The van der Waals surface area contributed by atoms with E-state index in [2.05, 4.69) is 35.6 Å². The highest BCUT2D eigenvalue weighted by Crippen LogP contribution is 2.33. The average molecular weight is 268 g/mol. The number of anilines is 1. The highest BCUT2D eigenvalue weighted by molar-refractivity contribution is 6.30. The molecule has 2 rings (SSSR count). The van der Waals surface area contributed by atoms with Crippen LogP contribution in [0.2, 0.25) is 5.15 Å². The maximum absolute atomic E-state index is 6.22. The second-order valence-electron chi connectivity index (χ2n) is 5.45. The van der Waals surface area contributed by atoms with Crippen molar-refractivity contribution >= 4 is 17.4 Å². The molecule has 0 spiro atoms. The Balaban J connectivity index is 2.21. The van der Waals surface area contributed by atoms with Gasteiger partial charge >= 0.3 is 0 Å². The fourth-order valence-electron chi connectivity index (χ4n) is 2.78. The quantitative estimate of drug-likeness (QED) is 0.776. The van der Waals surface area contributed by atoms with Crippen LogP contribution in [-0.2, 0) is 0 Å². The molecule has 0 aliphatic carbocycles. The van der Waals surface area contributed by atoms with Crippen molar-refractivity contribution in [3.63, 3.8) is 0 Å². The summed E-state index contributed by atoms with van der Waals surface area (Å²) < 4.78 is 0. The maximum atomic E-state index is 6.22. The third-order valence-electron chi connectivity index (χ3n) is 3.67. The van der Waals surface area contributed by atoms with Crippen LogP contribution in [0.5, 0.6) is 0 Å². The van der Waals surface area contributed by atoms with Gasteiger partial charge in [-0.05, 0) is 24.7 Å². The lowest BCUT2D eigenvalue weighted by atomic mass is 10.0. The minimum Gasteiger partial charge on any atom is -0.356 e. The van der Waals surface area contributed by atoms with Gasteiger partial charge in [-0.15, -0.1) is 0 Å². The molecule has 4 heteroatoms. The number of aromatic nitrogens is 2. The number of halogens is 1. The van der Waals surface area contributed by atoms with Crippen LogP contribution in [0.4, 0.5) is 5.82 Å². The standard InChI is InChI=1S/C14H22ClN3/c1-4-5-11-6-7-18(8-11)14-12(10(2)3)13(15)16-9-17-14/h9-11H,4-8H2,1-3H3. The van der Waals surface area contributed by atoms with Gasteiger partial charge in [0.25, 0.3) is 0 Å². The summed E-state index contributed by atoms with van der Waals surface area (Å²) >= 11 is 6.22. The molecule has 2 heterocycles. The summed E-state index contributed by atoms with van der Waals surface area (Å²) in [7, 11) is 0. The van der Waals surface area contributed by atoms with Crippen molar-refractivity contribution in [2.45, 2.75) is 46.0 Å². The van der Waals surface area contributed by atoms with Crippen molar-refractivity contribution in [1.82, 2.24) is 9.97 Å². The van der Waals surface area contributed by atoms with Crippen LogP contribution < -0.4 is 4.90 Å². The smallest absolute Gasteiger partial charge is 0.138 e. The Kier molecular flexibility index (Phi) is 4.44. The maximum Gasteiger partial charge on any atom is 0.138 e. The van der Waals surface area contributed by atoms with Crippen LogP contribution in [0.25, 0.3) is 0 Å². The summed E-state index contributed by atoms with van der Waals surface area (Å²) in [4.78, 5) is 11.0. The monoisotopic (exact) mass is 267 g/mol. The van der Waals surface area contributed by atoms with Gasteiger partial charge < -0.3 is 4.90 Å². The first-order chi connectivity index (χ1) is 8.63. The summed E-state index contributed by atoms with van der Waals surface area (Å²) in [6.45, 7) is 8.75. The molecule has 0 N–H and O–H groups in total. The number of hydrogen-bond acceptors (Lipinski definition) is 3. The zero-order chi connectivity index (χ0) is 13.1. The molecule has 1 aliphatic heterocycles. The number of nitrogens with zero attached hydrogens (tertiary/aromatic N) is 3. The average Bonchev–Trinajstić information content (AvgIpc) is 2.77. The molecule has 0 aromatic carbocycles. The van der Waals surface area contributed by atoms with E-state index in [1.807, 2.05) is 0 Å². The van der Waals surface area contributed by atoms with E-state index in [0.717, 1.165) is 30.4 Å². The van der Waals surface area contributed by atoms with Gasteiger partial charge in [0.15, 0.2) is 0 Å². The van der Waals surface area contributed by atoms with Crippen molar-refractivity contribution in [3.8, 4) is 0 Å². The van der Waals surface area contributed by atoms with E-state index in [-0.39, 0.29) is 0 Å². The fraction of sp³-hybridized carbons (Fsp3) is 0.714. The first kappa shape index (κ1) is 13.6. The van der Waals surface area contributed by atoms with Crippen molar-refractivity contribution < 1.29 is 0 Å².